The molecule has 0 spiro atoms. The van der Waals surface area contributed by atoms with Gasteiger partial charge in [-0.1, -0.05) is 12.7 Å². The van der Waals surface area contributed by atoms with E-state index in [1.54, 1.807) is 32.9 Å². The number of imidazole rings is 1. The Hall–Kier alpha value is -6.55. The molecule has 0 amide bonds. The van der Waals surface area contributed by atoms with E-state index in [0.717, 1.165) is 18.2 Å². The number of aryl methyl sites for hydroxylation is 1. The van der Waals surface area contributed by atoms with E-state index in [9.17, 15) is 44.7 Å². The van der Waals surface area contributed by atoms with Gasteiger partial charge < -0.3 is 9.84 Å². The maximum Gasteiger partial charge on any atom is 0.296 e. The zero-order chi connectivity index (χ0) is 43.3. The van der Waals surface area contributed by atoms with E-state index in [-0.39, 0.29) is 80.5 Å². The molecule has 2 aromatic heterocycles. The number of pyridine rings is 1. The van der Waals surface area contributed by atoms with Gasteiger partial charge in [0.05, 0.1) is 45.7 Å². The molecule has 5 rings (SSSR count). The van der Waals surface area contributed by atoms with Crippen molar-refractivity contribution in [2.75, 3.05) is 12.4 Å². The highest BCUT2D eigenvalue weighted by atomic mass is 32.2. The molecular formula is C36H33N9O11S3. The van der Waals surface area contributed by atoms with E-state index in [0.29, 0.717) is 17.0 Å². The molecule has 0 radical (unpaired) electrons. The van der Waals surface area contributed by atoms with E-state index >= 15 is 0 Å². The number of azo groups is 3. The molecule has 0 saturated carbocycles. The first-order chi connectivity index (χ1) is 27.7. The van der Waals surface area contributed by atoms with Crippen molar-refractivity contribution >= 4 is 82.3 Å². The van der Waals surface area contributed by atoms with Crippen LogP contribution in [0.5, 0.6) is 11.6 Å². The molecule has 0 aliphatic heterocycles. The third kappa shape index (κ3) is 10.3. The SMILES string of the molecule is C=Cc1nc2c(C#N)c(C)c(N=Nc3cc(C)c(N=Nc4ccc(N=Nc5ccc(S(=O)(=O)O)cc5)cc4S(=O)(=O)O)cc3OCCCS(=O)(=O)O)c(O)n2c1/C=C\C. The van der Waals surface area contributed by atoms with Crippen LogP contribution in [0.25, 0.3) is 17.8 Å². The van der Waals surface area contributed by atoms with Crippen LogP contribution in [-0.2, 0) is 30.4 Å². The predicted molar refractivity (Wildman–Crippen MR) is 214 cm³/mol. The topological polar surface area (TPSA) is 308 Å². The number of aromatic hydroxyl groups is 1. The van der Waals surface area contributed by atoms with Crippen molar-refractivity contribution in [1.29, 1.82) is 5.26 Å². The molecule has 306 valence electrons. The first-order valence-electron chi connectivity index (χ1n) is 16.9. The van der Waals surface area contributed by atoms with E-state index in [1.165, 1.54) is 46.9 Å². The zero-order valence-corrected chi connectivity index (χ0v) is 33.6. The second-order valence-corrected chi connectivity index (χ2v) is 16.7. The third-order valence-corrected chi connectivity index (χ3v) is 10.7. The minimum Gasteiger partial charge on any atom is -0.493 e. The van der Waals surface area contributed by atoms with Gasteiger partial charge in [0, 0.05) is 11.6 Å². The molecule has 0 aliphatic carbocycles. The van der Waals surface area contributed by atoms with Gasteiger partial charge in [0.15, 0.2) is 11.3 Å². The molecule has 3 aromatic carbocycles. The van der Waals surface area contributed by atoms with Crippen LogP contribution < -0.4 is 4.74 Å². The minimum absolute atomic E-state index is 0.0241. The summed E-state index contributed by atoms with van der Waals surface area (Å²) >= 11 is 0. The zero-order valence-electron chi connectivity index (χ0n) is 31.2. The van der Waals surface area contributed by atoms with Crippen molar-refractivity contribution in [3.05, 3.63) is 95.3 Å². The minimum atomic E-state index is -4.91. The van der Waals surface area contributed by atoms with Crippen LogP contribution in [0.4, 0.5) is 34.1 Å². The first-order valence-corrected chi connectivity index (χ1v) is 21.3. The fourth-order valence-corrected chi connectivity index (χ4v) is 6.97. The average molecular weight is 864 g/mol. The van der Waals surface area contributed by atoms with Crippen molar-refractivity contribution in [2.45, 2.75) is 37.0 Å². The van der Waals surface area contributed by atoms with Gasteiger partial charge in [-0.05, 0) is 93.4 Å². The van der Waals surface area contributed by atoms with E-state index in [4.69, 9.17) is 9.29 Å². The number of allylic oxidation sites excluding steroid dienone is 1. The largest absolute Gasteiger partial charge is 0.493 e. The summed E-state index contributed by atoms with van der Waals surface area (Å²) in [5, 5.41) is 46.0. The standard InChI is InChI=1S/C36H33N9O11S3/c1-5-8-31-27(6-2)38-35-26(20-37)22(4)34(36(46)45(31)35)44-43-30-17-21(3)29(19-32(30)56-15-7-16-57(47,48)49)42-41-28-14-11-24(18-33(28)59(53,54)55)40-39-23-9-12-25(13-10-23)58(50,51)52/h5-6,8-14,17-19,46H,2,7,15-16H2,1,3-4H3,(H,47,48,49)(H,50,51,52)(H,53,54,55)/b8-5-,40-39?,42-41?,44-43?. The number of benzene rings is 3. The van der Waals surface area contributed by atoms with Crippen molar-refractivity contribution in [2.24, 2.45) is 30.7 Å². The molecule has 4 N–H and O–H groups in total. The molecule has 0 unspecified atom stereocenters. The quantitative estimate of drug-likeness (QED) is 0.0436. The van der Waals surface area contributed by atoms with Crippen molar-refractivity contribution < 1.29 is 48.8 Å². The maximum atomic E-state index is 12.4. The normalized spacial score (nSPS) is 12.7. The monoisotopic (exact) mass is 863 g/mol. The average Bonchev–Trinajstić information content (AvgIpc) is 3.53. The summed E-state index contributed by atoms with van der Waals surface area (Å²) in [5.74, 6) is -1.03. The molecule has 20 nitrogen and oxygen atoms in total. The van der Waals surface area contributed by atoms with Gasteiger partial charge in [0.2, 0.25) is 5.88 Å². The van der Waals surface area contributed by atoms with Crippen LogP contribution in [0, 0.1) is 25.2 Å². The summed E-state index contributed by atoms with van der Waals surface area (Å²) in [5.41, 5.74) is 1.62. The highest BCUT2D eigenvalue weighted by Crippen LogP contribution is 2.41. The van der Waals surface area contributed by atoms with Gasteiger partial charge in [-0.15, -0.1) is 15.3 Å². The summed E-state index contributed by atoms with van der Waals surface area (Å²) in [6, 6.07) is 13.0. The number of ether oxygens (including phenoxy) is 1. The number of hydrogen-bond acceptors (Lipinski definition) is 16. The highest BCUT2D eigenvalue weighted by Gasteiger charge is 2.23. The second-order valence-electron chi connectivity index (χ2n) is 12.3. The van der Waals surface area contributed by atoms with Gasteiger partial charge in [-0.25, -0.2) is 4.98 Å². The lowest BCUT2D eigenvalue weighted by Gasteiger charge is -2.12. The molecule has 2 heterocycles. The van der Waals surface area contributed by atoms with Crippen molar-refractivity contribution in [3.63, 3.8) is 0 Å². The van der Waals surface area contributed by atoms with Crippen molar-refractivity contribution in [1.82, 2.24) is 9.38 Å². The summed E-state index contributed by atoms with van der Waals surface area (Å²) in [4.78, 5) is 3.38. The van der Waals surface area contributed by atoms with Gasteiger partial charge in [-0.2, -0.15) is 45.9 Å². The van der Waals surface area contributed by atoms with Gasteiger partial charge >= 0.3 is 0 Å². The Morgan fingerprint density at radius 1 is 0.847 bits per heavy atom. The van der Waals surface area contributed by atoms with Crippen LogP contribution in [-0.4, -0.2) is 65.8 Å². The summed E-state index contributed by atoms with van der Waals surface area (Å²) in [6.07, 6.45) is 4.71. The smallest absolute Gasteiger partial charge is 0.296 e. The lowest BCUT2D eigenvalue weighted by Crippen LogP contribution is -2.08. The van der Waals surface area contributed by atoms with Gasteiger partial charge in [0.1, 0.15) is 33.7 Å². The van der Waals surface area contributed by atoms with Crippen LogP contribution >= 0.6 is 0 Å². The highest BCUT2D eigenvalue weighted by molar-refractivity contribution is 7.86. The van der Waals surface area contributed by atoms with E-state index in [2.05, 4.69) is 48.3 Å². The Kier molecular flexibility index (Phi) is 12.9. The molecule has 0 atom stereocenters. The van der Waals surface area contributed by atoms with Crippen LogP contribution in [0.1, 0.15) is 41.4 Å². The predicted octanol–water partition coefficient (Wildman–Crippen LogP) is 8.60. The summed E-state index contributed by atoms with van der Waals surface area (Å²) in [6.45, 7) is 8.43. The summed E-state index contributed by atoms with van der Waals surface area (Å²) in [7, 11) is -13.7. The Bertz CT molecular complexity index is 2990. The molecule has 0 fully saturated rings. The Morgan fingerprint density at radius 3 is 2.10 bits per heavy atom. The number of aromatic nitrogens is 2. The Labute approximate surface area is 337 Å². The van der Waals surface area contributed by atoms with Crippen LogP contribution in [0.15, 0.2) is 108 Å². The van der Waals surface area contributed by atoms with E-state index in [1.807, 2.05) is 0 Å². The van der Waals surface area contributed by atoms with Crippen LogP contribution in [0.2, 0.25) is 0 Å². The first kappa shape index (κ1) is 43.6. The number of hydrogen-bond donors (Lipinski definition) is 4. The van der Waals surface area contributed by atoms with Crippen LogP contribution in [0.3, 0.4) is 0 Å². The third-order valence-electron chi connectivity index (χ3n) is 8.19. The summed E-state index contributed by atoms with van der Waals surface area (Å²) < 4.78 is 105. The fourth-order valence-electron chi connectivity index (χ4n) is 5.37. The molecule has 0 aliphatic rings. The Balaban J connectivity index is 1.54. The molecule has 5 aromatic rings. The van der Waals surface area contributed by atoms with E-state index < -0.39 is 41.0 Å². The lowest BCUT2D eigenvalue weighted by atomic mass is 10.1. The maximum absolute atomic E-state index is 12.4. The fraction of sp³-hybridized carbons (Fsp3) is 0.167. The Morgan fingerprint density at radius 2 is 1.49 bits per heavy atom. The van der Waals surface area contributed by atoms with Crippen molar-refractivity contribution in [3.8, 4) is 17.7 Å². The number of rotatable bonds is 15. The molecule has 0 saturated heterocycles. The molecule has 0 bridgehead atoms. The number of nitriles is 1. The number of fused-ring (bicyclic) bond motifs is 1. The number of nitrogens with zero attached hydrogens (tertiary/aromatic N) is 9. The van der Waals surface area contributed by atoms with Gasteiger partial charge in [-0.3, -0.25) is 18.1 Å². The molecular weight excluding hydrogens is 831 g/mol. The van der Waals surface area contributed by atoms with Gasteiger partial charge in [0.25, 0.3) is 30.4 Å². The second kappa shape index (κ2) is 17.5. The lowest BCUT2D eigenvalue weighted by molar-refractivity contribution is 0.317. The molecule has 23 heteroatoms. The molecule has 59 heavy (non-hydrogen) atoms.